The van der Waals surface area contributed by atoms with Crippen molar-refractivity contribution in [2.24, 2.45) is 0 Å². The lowest BCUT2D eigenvalue weighted by atomic mass is 10.1. The minimum Gasteiger partial charge on any atom is -0.497 e. The second kappa shape index (κ2) is 4.84. The Bertz CT molecular complexity index is 773. The molecule has 0 spiro atoms. The zero-order chi connectivity index (χ0) is 15.0. The number of hydrogen-bond acceptors (Lipinski definition) is 2. The molecular formula is C16H11F3O2. The maximum absolute atomic E-state index is 13.4. The number of halogens is 3. The highest BCUT2D eigenvalue weighted by atomic mass is 19.4. The zero-order valence-electron chi connectivity index (χ0n) is 11.1. The third-order valence-corrected chi connectivity index (χ3v) is 3.21. The summed E-state index contributed by atoms with van der Waals surface area (Å²) in [4.78, 5) is 0. The molecule has 0 radical (unpaired) electrons. The Balaban J connectivity index is 2.34. The Morgan fingerprint density at radius 3 is 2.33 bits per heavy atom. The summed E-state index contributed by atoms with van der Waals surface area (Å²) >= 11 is 0. The zero-order valence-corrected chi connectivity index (χ0v) is 11.1. The summed E-state index contributed by atoms with van der Waals surface area (Å²) < 4.78 is 50.7. The minimum atomic E-state index is -4.51. The van der Waals surface area contributed by atoms with E-state index < -0.39 is 11.7 Å². The van der Waals surface area contributed by atoms with Gasteiger partial charge in [-0.05, 0) is 18.2 Å². The van der Waals surface area contributed by atoms with Crippen molar-refractivity contribution < 1.29 is 22.3 Å². The average molecular weight is 292 g/mol. The first kappa shape index (κ1) is 13.5. The molecule has 3 aromatic rings. The highest BCUT2D eigenvalue weighted by Crippen LogP contribution is 2.44. The molecule has 0 bridgehead atoms. The van der Waals surface area contributed by atoms with Crippen LogP contribution < -0.4 is 4.74 Å². The van der Waals surface area contributed by atoms with E-state index in [4.69, 9.17) is 9.15 Å². The van der Waals surface area contributed by atoms with Crippen molar-refractivity contribution in [3.63, 3.8) is 0 Å². The summed E-state index contributed by atoms with van der Waals surface area (Å²) in [5.74, 6) is 0.180. The average Bonchev–Trinajstić information content (AvgIpc) is 2.86. The first-order valence-corrected chi connectivity index (χ1v) is 6.24. The van der Waals surface area contributed by atoms with Gasteiger partial charge in [-0.25, -0.2) is 0 Å². The predicted molar refractivity (Wildman–Crippen MR) is 73.2 cm³/mol. The van der Waals surface area contributed by atoms with Gasteiger partial charge in [0.1, 0.15) is 22.7 Å². The van der Waals surface area contributed by atoms with Crippen LogP contribution in [0.3, 0.4) is 0 Å². The van der Waals surface area contributed by atoms with Crippen LogP contribution in [0, 0.1) is 0 Å². The molecule has 0 aliphatic heterocycles. The Hall–Kier alpha value is -2.43. The first-order valence-electron chi connectivity index (χ1n) is 6.24. The van der Waals surface area contributed by atoms with E-state index in [1.807, 2.05) is 0 Å². The van der Waals surface area contributed by atoms with Gasteiger partial charge in [0.05, 0.1) is 7.11 Å². The fraction of sp³-hybridized carbons (Fsp3) is 0.125. The highest BCUT2D eigenvalue weighted by Gasteiger charge is 2.39. The molecule has 0 N–H and O–H groups in total. The summed E-state index contributed by atoms with van der Waals surface area (Å²) in [5.41, 5.74) is -0.204. The molecule has 0 aliphatic rings. The van der Waals surface area contributed by atoms with E-state index in [-0.39, 0.29) is 16.7 Å². The fourth-order valence-corrected chi connectivity index (χ4v) is 2.28. The summed E-state index contributed by atoms with van der Waals surface area (Å²) in [6.07, 6.45) is -4.51. The van der Waals surface area contributed by atoms with Crippen molar-refractivity contribution in [2.75, 3.05) is 7.11 Å². The van der Waals surface area contributed by atoms with E-state index in [9.17, 15) is 13.2 Å². The molecule has 0 amide bonds. The standard InChI is InChI=1S/C16H11F3O2/c1-20-11-7-8-13-12(9-11)14(16(17,18)19)15(21-13)10-5-3-2-4-6-10/h2-9H,1H3. The van der Waals surface area contributed by atoms with Crippen LogP contribution in [0.2, 0.25) is 0 Å². The SMILES string of the molecule is COc1ccc2oc(-c3ccccc3)c(C(F)(F)F)c2c1. The normalized spacial score (nSPS) is 11.8. The van der Waals surface area contributed by atoms with Crippen LogP contribution in [-0.2, 0) is 6.18 Å². The van der Waals surface area contributed by atoms with Gasteiger partial charge in [0.2, 0.25) is 0 Å². The molecular weight excluding hydrogens is 281 g/mol. The van der Waals surface area contributed by atoms with E-state index in [0.717, 1.165) is 0 Å². The smallest absolute Gasteiger partial charge is 0.420 e. The Morgan fingerprint density at radius 1 is 1.00 bits per heavy atom. The number of benzene rings is 2. The highest BCUT2D eigenvalue weighted by molar-refractivity contribution is 5.89. The lowest BCUT2D eigenvalue weighted by Gasteiger charge is -2.07. The van der Waals surface area contributed by atoms with Crippen molar-refractivity contribution >= 4 is 11.0 Å². The van der Waals surface area contributed by atoms with Crippen LogP contribution >= 0.6 is 0 Å². The lowest BCUT2D eigenvalue weighted by Crippen LogP contribution is -2.05. The van der Waals surface area contributed by atoms with Gasteiger partial charge in [-0.1, -0.05) is 30.3 Å². The van der Waals surface area contributed by atoms with E-state index in [1.54, 1.807) is 36.4 Å². The molecule has 21 heavy (non-hydrogen) atoms. The van der Waals surface area contributed by atoms with E-state index in [0.29, 0.717) is 11.3 Å². The van der Waals surface area contributed by atoms with E-state index >= 15 is 0 Å². The van der Waals surface area contributed by atoms with Crippen molar-refractivity contribution in [3.8, 4) is 17.1 Å². The molecule has 3 rings (SSSR count). The molecule has 1 aromatic heterocycles. The molecule has 0 saturated heterocycles. The molecule has 0 aliphatic carbocycles. The number of ether oxygens (including phenoxy) is 1. The molecule has 0 atom stereocenters. The van der Waals surface area contributed by atoms with Gasteiger partial charge < -0.3 is 9.15 Å². The lowest BCUT2D eigenvalue weighted by molar-refractivity contribution is -0.136. The van der Waals surface area contributed by atoms with Gasteiger partial charge in [0, 0.05) is 10.9 Å². The summed E-state index contributed by atoms with van der Waals surface area (Å²) in [6, 6.07) is 12.6. The Labute approximate surface area is 118 Å². The first-order chi connectivity index (χ1) is 10.0. The number of furan rings is 1. The van der Waals surface area contributed by atoms with Crippen molar-refractivity contribution in [1.29, 1.82) is 0 Å². The van der Waals surface area contributed by atoms with Gasteiger partial charge in [0.15, 0.2) is 0 Å². The predicted octanol–water partition coefficient (Wildman–Crippen LogP) is 5.13. The monoisotopic (exact) mass is 292 g/mol. The molecule has 2 aromatic carbocycles. The van der Waals surface area contributed by atoms with Gasteiger partial charge >= 0.3 is 6.18 Å². The molecule has 108 valence electrons. The van der Waals surface area contributed by atoms with Crippen molar-refractivity contribution in [3.05, 3.63) is 54.1 Å². The van der Waals surface area contributed by atoms with Gasteiger partial charge in [-0.15, -0.1) is 0 Å². The van der Waals surface area contributed by atoms with Crippen LogP contribution in [0.4, 0.5) is 13.2 Å². The second-order valence-electron chi connectivity index (χ2n) is 4.53. The van der Waals surface area contributed by atoms with Crippen LogP contribution in [0.5, 0.6) is 5.75 Å². The summed E-state index contributed by atoms with van der Waals surface area (Å²) in [7, 11) is 1.41. The molecule has 0 fully saturated rings. The fourth-order valence-electron chi connectivity index (χ4n) is 2.28. The minimum absolute atomic E-state index is 0.000651. The number of rotatable bonds is 2. The maximum atomic E-state index is 13.4. The molecule has 0 saturated carbocycles. The molecule has 5 heteroatoms. The van der Waals surface area contributed by atoms with Crippen LogP contribution in [0.1, 0.15) is 5.56 Å². The molecule has 2 nitrogen and oxygen atoms in total. The third kappa shape index (κ3) is 2.35. The van der Waals surface area contributed by atoms with Gasteiger partial charge in [0.25, 0.3) is 0 Å². The Kier molecular flexibility index (Phi) is 3.12. The van der Waals surface area contributed by atoms with Crippen LogP contribution in [0.25, 0.3) is 22.3 Å². The van der Waals surface area contributed by atoms with E-state index in [2.05, 4.69) is 0 Å². The quantitative estimate of drug-likeness (QED) is 0.653. The van der Waals surface area contributed by atoms with Gasteiger partial charge in [-0.3, -0.25) is 0 Å². The van der Waals surface area contributed by atoms with Crippen LogP contribution in [0.15, 0.2) is 52.9 Å². The summed E-state index contributed by atoms with van der Waals surface area (Å²) in [6.45, 7) is 0. The second-order valence-corrected chi connectivity index (χ2v) is 4.53. The molecule has 1 heterocycles. The largest absolute Gasteiger partial charge is 0.497 e. The van der Waals surface area contributed by atoms with E-state index in [1.165, 1.54) is 19.2 Å². The topological polar surface area (TPSA) is 22.4 Å². The van der Waals surface area contributed by atoms with Crippen LogP contribution in [-0.4, -0.2) is 7.11 Å². The van der Waals surface area contributed by atoms with Crippen molar-refractivity contribution in [1.82, 2.24) is 0 Å². The molecule has 0 unspecified atom stereocenters. The number of hydrogen-bond donors (Lipinski definition) is 0. The summed E-state index contributed by atoms with van der Waals surface area (Å²) in [5, 5.41) is 0.000651. The third-order valence-electron chi connectivity index (χ3n) is 3.21. The number of fused-ring (bicyclic) bond motifs is 1. The Morgan fingerprint density at radius 2 is 1.71 bits per heavy atom. The number of alkyl halides is 3. The van der Waals surface area contributed by atoms with Gasteiger partial charge in [-0.2, -0.15) is 13.2 Å². The number of methoxy groups -OCH3 is 1. The van der Waals surface area contributed by atoms with Crippen molar-refractivity contribution in [2.45, 2.75) is 6.18 Å². The maximum Gasteiger partial charge on any atom is 0.420 e.